The van der Waals surface area contributed by atoms with Crippen molar-refractivity contribution < 1.29 is 8.42 Å². The van der Waals surface area contributed by atoms with Crippen LogP contribution < -0.4 is 5.32 Å². The van der Waals surface area contributed by atoms with E-state index < -0.39 is 10.0 Å². The lowest BCUT2D eigenvalue weighted by Crippen LogP contribution is -2.38. The maximum Gasteiger partial charge on any atom is 0.246 e. The molecule has 1 aliphatic rings. The molecular weight excluding hydrogens is 240 g/mol. The van der Waals surface area contributed by atoms with E-state index in [1.807, 2.05) is 0 Å². The van der Waals surface area contributed by atoms with Crippen LogP contribution in [-0.2, 0) is 10.0 Å². The van der Waals surface area contributed by atoms with Crippen LogP contribution in [0.3, 0.4) is 0 Å². The number of H-pyrrole nitrogens is 1. The molecule has 96 valence electrons. The van der Waals surface area contributed by atoms with E-state index >= 15 is 0 Å². The van der Waals surface area contributed by atoms with E-state index in [1.165, 1.54) is 10.5 Å². The van der Waals surface area contributed by atoms with Crippen molar-refractivity contribution in [3.8, 4) is 0 Å². The Balaban J connectivity index is 2.12. The summed E-state index contributed by atoms with van der Waals surface area (Å²) in [6.45, 7) is 3.19. The van der Waals surface area contributed by atoms with Gasteiger partial charge in [-0.1, -0.05) is 0 Å². The number of likely N-dealkylation sites (N-methyl/N-ethyl adjacent to an activating group) is 1. The highest BCUT2D eigenvalue weighted by molar-refractivity contribution is 7.89. The molecule has 1 aromatic rings. The minimum Gasteiger partial charge on any atom is -0.313 e. The Hall–Kier alpha value is -0.920. The van der Waals surface area contributed by atoms with Gasteiger partial charge in [-0.2, -0.15) is 9.40 Å². The molecule has 1 saturated heterocycles. The van der Waals surface area contributed by atoms with E-state index in [0.717, 1.165) is 19.4 Å². The van der Waals surface area contributed by atoms with Crippen molar-refractivity contribution in [2.75, 3.05) is 20.1 Å². The third kappa shape index (κ3) is 2.51. The van der Waals surface area contributed by atoms with Crippen molar-refractivity contribution in [1.82, 2.24) is 19.8 Å². The molecule has 1 fully saturated rings. The molecule has 1 aliphatic heterocycles. The Labute approximate surface area is 101 Å². The standard InChI is InChI=1S/C10H18N4O2S/c1-8-10(6-12-13-8)17(15,16)14(2)7-9-4-3-5-11-9/h6,9,11H,3-5,7H2,1-2H3,(H,12,13). The third-order valence-electron chi connectivity index (χ3n) is 3.11. The van der Waals surface area contributed by atoms with Gasteiger partial charge in [-0.3, -0.25) is 5.10 Å². The molecule has 17 heavy (non-hydrogen) atoms. The molecule has 7 heteroatoms. The number of hydrogen-bond donors (Lipinski definition) is 2. The summed E-state index contributed by atoms with van der Waals surface area (Å²) in [6.07, 6.45) is 3.51. The van der Waals surface area contributed by atoms with Crippen LogP contribution in [-0.4, -0.2) is 49.1 Å². The third-order valence-corrected chi connectivity index (χ3v) is 5.05. The largest absolute Gasteiger partial charge is 0.313 e. The molecule has 1 unspecified atom stereocenters. The van der Waals surface area contributed by atoms with Crippen molar-refractivity contribution in [3.05, 3.63) is 11.9 Å². The molecule has 0 amide bonds. The average Bonchev–Trinajstić information content (AvgIpc) is 2.89. The molecule has 0 radical (unpaired) electrons. The lowest BCUT2D eigenvalue weighted by molar-refractivity contribution is 0.417. The van der Waals surface area contributed by atoms with Crippen LogP contribution in [0.1, 0.15) is 18.5 Å². The summed E-state index contributed by atoms with van der Waals surface area (Å²) in [5.41, 5.74) is 0.580. The smallest absolute Gasteiger partial charge is 0.246 e. The van der Waals surface area contributed by atoms with Crippen molar-refractivity contribution in [3.63, 3.8) is 0 Å². The summed E-state index contributed by atoms with van der Waals surface area (Å²) >= 11 is 0. The van der Waals surface area contributed by atoms with E-state index in [4.69, 9.17) is 0 Å². The Morgan fingerprint density at radius 2 is 2.35 bits per heavy atom. The molecule has 6 nitrogen and oxygen atoms in total. The second-order valence-corrected chi connectivity index (χ2v) is 6.45. The fourth-order valence-corrected chi connectivity index (χ4v) is 3.42. The zero-order valence-corrected chi connectivity index (χ0v) is 10.9. The van der Waals surface area contributed by atoms with Crippen LogP contribution in [0, 0.1) is 6.92 Å². The van der Waals surface area contributed by atoms with E-state index in [-0.39, 0.29) is 10.9 Å². The van der Waals surface area contributed by atoms with E-state index in [9.17, 15) is 8.42 Å². The van der Waals surface area contributed by atoms with E-state index in [2.05, 4.69) is 15.5 Å². The second-order valence-electron chi connectivity index (χ2n) is 4.44. The highest BCUT2D eigenvalue weighted by Crippen LogP contribution is 2.17. The van der Waals surface area contributed by atoms with Gasteiger partial charge in [-0.15, -0.1) is 0 Å². The molecule has 2 rings (SSSR count). The molecule has 2 N–H and O–H groups in total. The van der Waals surface area contributed by atoms with Crippen LogP contribution in [0.5, 0.6) is 0 Å². The second kappa shape index (κ2) is 4.75. The summed E-state index contributed by atoms with van der Waals surface area (Å²) in [7, 11) is -1.80. The summed E-state index contributed by atoms with van der Waals surface area (Å²) < 4.78 is 25.9. The van der Waals surface area contributed by atoms with Crippen molar-refractivity contribution in [1.29, 1.82) is 0 Å². The lowest BCUT2D eigenvalue weighted by atomic mass is 10.2. The first-order valence-corrected chi connectivity index (χ1v) is 7.15. The molecule has 0 aromatic carbocycles. The number of aromatic nitrogens is 2. The Morgan fingerprint density at radius 1 is 1.59 bits per heavy atom. The number of aryl methyl sites for hydroxylation is 1. The number of nitrogens with one attached hydrogen (secondary N) is 2. The minimum atomic E-state index is -3.41. The van der Waals surface area contributed by atoms with Crippen molar-refractivity contribution >= 4 is 10.0 Å². The van der Waals surface area contributed by atoms with Crippen molar-refractivity contribution in [2.24, 2.45) is 0 Å². The van der Waals surface area contributed by atoms with Gasteiger partial charge < -0.3 is 5.32 Å². The quantitative estimate of drug-likeness (QED) is 0.802. The van der Waals surface area contributed by atoms with Gasteiger partial charge >= 0.3 is 0 Å². The maximum atomic E-state index is 12.2. The number of hydrogen-bond acceptors (Lipinski definition) is 4. The zero-order valence-electron chi connectivity index (χ0n) is 10.1. The molecule has 0 saturated carbocycles. The molecule has 0 aliphatic carbocycles. The Kier molecular flexibility index (Phi) is 3.50. The van der Waals surface area contributed by atoms with Crippen molar-refractivity contribution in [2.45, 2.75) is 30.7 Å². The van der Waals surface area contributed by atoms with Gasteiger partial charge in [0.15, 0.2) is 0 Å². The van der Waals surface area contributed by atoms with Gasteiger partial charge in [-0.05, 0) is 26.3 Å². The first-order chi connectivity index (χ1) is 8.01. The Morgan fingerprint density at radius 3 is 2.88 bits per heavy atom. The fraction of sp³-hybridized carbons (Fsp3) is 0.700. The molecular formula is C10H18N4O2S. The first kappa shape index (κ1) is 12.5. The maximum absolute atomic E-state index is 12.2. The number of rotatable bonds is 4. The van der Waals surface area contributed by atoms with Gasteiger partial charge in [0, 0.05) is 19.6 Å². The predicted octanol–water partition coefficient (Wildman–Crippen LogP) is 0.0906. The Bertz CT molecular complexity index is 476. The molecule has 0 bridgehead atoms. The van der Waals surface area contributed by atoms with Gasteiger partial charge in [0.2, 0.25) is 10.0 Å². The van der Waals surface area contributed by atoms with Crippen LogP contribution in [0.25, 0.3) is 0 Å². The lowest BCUT2D eigenvalue weighted by Gasteiger charge is -2.20. The normalized spacial score (nSPS) is 21.2. The highest BCUT2D eigenvalue weighted by atomic mass is 32.2. The molecule has 0 spiro atoms. The molecule has 1 atom stereocenters. The molecule has 2 heterocycles. The predicted molar refractivity (Wildman–Crippen MR) is 64.2 cm³/mol. The van der Waals surface area contributed by atoms with Crippen LogP contribution in [0.4, 0.5) is 0 Å². The average molecular weight is 258 g/mol. The minimum absolute atomic E-state index is 0.262. The summed E-state index contributed by atoms with van der Waals surface area (Å²) in [5.74, 6) is 0. The summed E-state index contributed by atoms with van der Waals surface area (Å²) in [4.78, 5) is 0.262. The molecule has 1 aromatic heterocycles. The highest BCUT2D eigenvalue weighted by Gasteiger charge is 2.27. The van der Waals surface area contributed by atoms with Gasteiger partial charge in [0.05, 0.1) is 11.9 Å². The zero-order chi connectivity index (χ0) is 12.5. The first-order valence-electron chi connectivity index (χ1n) is 5.71. The van der Waals surface area contributed by atoms with E-state index in [0.29, 0.717) is 12.2 Å². The fourth-order valence-electron chi connectivity index (χ4n) is 2.09. The van der Waals surface area contributed by atoms with Crippen LogP contribution >= 0.6 is 0 Å². The van der Waals surface area contributed by atoms with Gasteiger partial charge in [0.1, 0.15) is 4.90 Å². The summed E-state index contributed by atoms with van der Waals surface area (Å²) in [6, 6.07) is 0.266. The van der Waals surface area contributed by atoms with E-state index in [1.54, 1.807) is 14.0 Å². The van der Waals surface area contributed by atoms with Gasteiger partial charge in [-0.25, -0.2) is 8.42 Å². The number of sulfonamides is 1. The van der Waals surface area contributed by atoms with Crippen LogP contribution in [0.2, 0.25) is 0 Å². The SMILES string of the molecule is Cc1[nH]ncc1S(=O)(=O)N(C)CC1CCCN1. The number of nitrogens with zero attached hydrogens (tertiary/aromatic N) is 2. The summed E-state index contributed by atoms with van der Waals surface area (Å²) in [5, 5.41) is 9.70. The monoisotopic (exact) mass is 258 g/mol. The van der Waals surface area contributed by atoms with Gasteiger partial charge in [0.25, 0.3) is 0 Å². The topological polar surface area (TPSA) is 78.1 Å². The number of aromatic amines is 1. The van der Waals surface area contributed by atoms with Crippen LogP contribution in [0.15, 0.2) is 11.1 Å².